The maximum Gasteiger partial charge on any atom is 0.220 e. The molecule has 0 saturated carbocycles. The van der Waals surface area contributed by atoms with E-state index in [1.54, 1.807) is 0 Å². The van der Waals surface area contributed by atoms with Crippen molar-refractivity contribution in [2.24, 2.45) is 0 Å². The van der Waals surface area contributed by atoms with Crippen LogP contribution < -0.4 is 5.32 Å². The van der Waals surface area contributed by atoms with Gasteiger partial charge in [-0.1, -0.05) is 63.3 Å². The molecule has 1 heterocycles. The molecule has 124 valence electrons. The number of benzene rings is 1. The zero-order chi connectivity index (χ0) is 16.3. The zero-order valence-electron chi connectivity index (χ0n) is 13.7. The van der Waals surface area contributed by atoms with E-state index in [0.717, 1.165) is 24.0 Å². The van der Waals surface area contributed by atoms with E-state index in [4.69, 9.17) is 0 Å². The second kappa shape index (κ2) is 9.71. The second-order valence-electron chi connectivity index (χ2n) is 5.74. The van der Waals surface area contributed by atoms with Gasteiger partial charge in [0.1, 0.15) is 0 Å². The van der Waals surface area contributed by atoms with Crippen molar-refractivity contribution in [2.75, 3.05) is 0 Å². The number of hydrogen-bond donors (Lipinski definition) is 2. The summed E-state index contributed by atoms with van der Waals surface area (Å²) in [4.78, 5) is 11.8. The van der Waals surface area contributed by atoms with Gasteiger partial charge in [-0.15, -0.1) is 5.10 Å². The summed E-state index contributed by atoms with van der Waals surface area (Å²) in [6, 6.07) is 7.83. The third kappa shape index (κ3) is 6.18. The highest BCUT2D eigenvalue weighted by molar-refractivity contribution is 5.75. The van der Waals surface area contributed by atoms with Gasteiger partial charge in [0.15, 0.2) is 5.82 Å². The standard InChI is InChI=1S/C17H25N5O/c1-2-3-4-5-6-7-8-16(23)18-13-14-9-11-15(12-10-14)17-19-21-22-20-17/h9-12H,2-8,13H2,1H3,(H,18,23)(H,19,20,21,22). The summed E-state index contributed by atoms with van der Waals surface area (Å²) in [6.07, 6.45) is 7.82. The molecule has 6 nitrogen and oxygen atoms in total. The molecule has 0 aliphatic heterocycles. The number of unbranched alkanes of at least 4 members (excludes halogenated alkanes) is 5. The highest BCUT2D eigenvalue weighted by Crippen LogP contribution is 2.14. The first-order chi connectivity index (χ1) is 11.3. The summed E-state index contributed by atoms with van der Waals surface area (Å²) in [5, 5.41) is 16.7. The number of carbonyl (C=O) groups excluding carboxylic acids is 1. The molecule has 1 aromatic carbocycles. The first kappa shape index (κ1) is 17.1. The lowest BCUT2D eigenvalue weighted by atomic mass is 10.1. The molecule has 23 heavy (non-hydrogen) atoms. The molecular formula is C17H25N5O. The number of aromatic amines is 1. The van der Waals surface area contributed by atoms with Gasteiger partial charge >= 0.3 is 0 Å². The maximum absolute atomic E-state index is 11.8. The number of nitrogens with one attached hydrogen (secondary N) is 2. The Kier molecular flexibility index (Phi) is 7.23. The van der Waals surface area contributed by atoms with Crippen LogP contribution >= 0.6 is 0 Å². The SMILES string of the molecule is CCCCCCCCC(=O)NCc1ccc(-c2nnn[nH]2)cc1. The van der Waals surface area contributed by atoms with E-state index >= 15 is 0 Å². The summed E-state index contributed by atoms with van der Waals surface area (Å²) < 4.78 is 0. The smallest absolute Gasteiger partial charge is 0.220 e. The Labute approximate surface area is 137 Å². The number of carbonyl (C=O) groups is 1. The first-order valence-corrected chi connectivity index (χ1v) is 8.39. The quantitative estimate of drug-likeness (QED) is 0.659. The largest absolute Gasteiger partial charge is 0.352 e. The molecule has 0 fully saturated rings. The van der Waals surface area contributed by atoms with Crippen LogP contribution in [-0.4, -0.2) is 26.5 Å². The molecule has 0 spiro atoms. The van der Waals surface area contributed by atoms with Gasteiger partial charge in [0.05, 0.1) is 0 Å². The first-order valence-electron chi connectivity index (χ1n) is 8.39. The van der Waals surface area contributed by atoms with Crippen LogP contribution in [0.4, 0.5) is 0 Å². The van der Waals surface area contributed by atoms with Crippen LogP contribution in [0.5, 0.6) is 0 Å². The molecule has 0 saturated heterocycles. The Morgan fingerprint density at radius 1 is 1.09 bits per heavy atom. The molecule has 0 unspecified atom stereocenters. The van der Waals surface area contributed by atoms with E-state index < -0.39 is 0 Å². The fraction of sp³-hybridized carbons (Fsp3) is 0.529. The minimum atomic E-state index is 0.129. The molecule has 2 rings (SSSR count). The third-order valence-corrected chi connectivity index (χ3v) is 3.82. The van der Waals surface area contributed by atoms with Gasteiger partial charge in [0.25, 0.3) is 0 Å². The minimum absolute atomic E-state index is 0.129. The lowest BCUT2D eigenvalue weighted by Gasteiger charge is -2.06. The number of hydrogen-bond acceptors (Lipinski definition) is 4. The average molecular weight is 315 g/mol. The molecule has 2 N–H and O–H groups in total. The summed E-state index contributed by atoms with van der Waals surface area (Å²) >= 11 is 0. The molecule has 2 aromatic rings. The average Bonchev–Trinajstić information content (AvgIpc) is 3.11. The van der Waals surface area contributed by atoms with Crippen molar-refractivity contribution in [3.63, 3.8) is 0 Å². The van der Waals surface area contributed by atoms with Gasteiger partial charge in [-0.3, -0.25) is 4.79 Å². The van der Waals surface area contributed by atoms with Crippen molar-refractivity contribution in [1.82, 2.24) is 25.9 Å². The Hall–Kier alpha value is -2.24. The highest BCUT2D eigenvalue weighted by Gasteiger charge is 2.04. The zero-order valence-corrected chi connectivity index (χ0v) is 13.7. The number of nitrogens with zero attached hydrogens (tertiary/aromatic N) is 3. The highest BCUT2D eigenvalue weighted by atomic mass is 16.1. The molecule has 6 heteroatoms. The second-order valence-corrected chi connectivity index (χ2v) is 5.74. The fourth-order valence-corrected chi connectivity index (χ4v) is 2.42. The topological polar surface area (TPSA) is 83.6 Å². The molecule has 0 atom stereocenters. The minimum Gasteiger partial charge on any atom is -0.352 e. The van der Waals surface area contributed by atoms with E-state index in [-0.39, 0.29) is 5.91 Å². The van der Waals surface area contributed by atoms with Crippen LogP contribution in [0, 0.1) is 0 Å². The van der Waals surface area contributed by atoms with E-state index in [2.05, 4.69) is 32.9 Å². The van der Waals surface area contributed by atoms with Gasteiger partial charge in [-0.2, -0.15) is 0 Å². The van der Waals surface area contributed by atoms with Crippen LogP contribution in [0.25, 0.3) is 11.4 Å². The van der Waals surface area contributed by atoms with Gasteiger partial charge in [0.2, 0.25) is 5.91 Å². The Bertz CT molecular complexity index is 565. The van der Waals surface area contributed by atoms with Gasteiger partial charge < -0.3 is 5.32 Å². The lowest BCUT2D eigenvalue weighted by molar-refractivity contribution is -0.121. The number of tetrazole rings is 1. The summed E-state index contributed by atoms with van der Waals surface area (Å²) in [7, 11) is 0. The molecule has 1 aromatic heterocycles. The molecule has 0 aliphatic carbocycles. The van der Waals surface area contributed by atoms with Crippen LogP contribution in [0.2, 0.25) is 0 Å². The van der Waals surface area contributed by atoms with Gasteiger partial charge in [-0.25, -0.2) is 5.10 Å². The molecular weight excluding hydrogens is 290 g/mol. The number of rotatable bonds is 10. The molecule has 1 amide bonds. The van der Waals surface area contributed by atoms with Crippen molar-refractivity contribution in [3.05, 3.63) is 29.8 Å². The molecule has 0 aliphatic rings. The predicted octanol–water partition coefficient (Wildman–Crippen LogP) is 3.23. The molecule has 0 bridgehead atoms. The summed E-state index contributed by atoms with van der Waals surface area (Å²) in [5.74, 6) is 0.771. The van der Waals surface area contributed by atoms with Crippen LogP contribution in [-0.2, 0) is 11.3 Å². The van der Waals surface area contributed by atoms with E-state index in [0.29, 0.717) is 18.8 Å². The maximum atomic E-state index is 11.8. The lowest BCUT2D eigenvalue weighted by Crippen LogP contribution is -2.22. The van der Waals surface area contributed by atoms with E-state index in [1.165, 1.54) is 25.7 Å². The Balaban J connectivity index is 1.64. The van der Waals surface area contributed by atoms with Crippen molar-refractivity contribution >= 4 is 5.91 Å². The summed E-state index contributed by atoms with van der Waals surface area (Å²) in [5.41, 5.74) is 2.00. The van der Waals surface area contributed by atoms with E-state index in [9.17, 15) is 4.79 Å². The predicted molar refractivity (Wildman–Crippen MR) is 89.5 cm³/mol. The Morgan fingerprint density at radius 3 is 2.52 bits per heavy atom. The molecule has 0 radical (unpaired) electrons. The summed E-state index contributed by atoms with van der Waals surface area (Å²) in [6.45, 7) is 2.77. The van der Waals surface area contributed by atoms with Crippen molar-refractivity contribution in [3.8, 4) is 11.4 Å². The van der Waals surface area contributed by atoms with Crippen LogP contribution in [0.3, 0.4) is 0 Å². The number of amides is 1. The van der Waals surface area contributed by atoms with Gasteiger partial charge in [-0.05, 0) is 22.4 Å². The fourth-order valence-electron chi connectivity index (χ4n) is 2.42. The van der Waals surface area contributed by atoms with Crippen LogP contribution in [0.1, 0.15) is 57.4 Å². The van der Waals surface area contributed by atoms with Crippen molar-refractivity contribution in [1.29, 1.82) is 0 Å². The van der Waals surface area contributed by atoms with E-state index in [1.807, 2.05) is 24.3 Å². The van der Waals surface area contributed by atoms with Crippen molar-refractivity contribution < 1.29 is 4.79 Å². The monoisotopic (exact) mass is 315 g/mol. The third-order valence-electron chi connectivity index (χ3n) is 3.82. The van der Waals surface area contributed by atoms with Crippen molar-refractivity contribution in [2.45, 2.75) is 58.4 Å². The van der Waals surface area contributed by atoms with Crippen LogP contribution in [0.15, 0.2) is 24.3 Å². The number of H-pyrrole nitrogens is 1. The Morgan fingerprint density at radius 2 is 1.83 bits per heavy atom. The van der Waals surface area contributed by atoms with Gasteiger partial charge in [0, 0.05) is 18.5 Å². The number of aromatic nitrogens is 4. The normalized spacial score (nSPS) is 10.7.